The number of hydrogen-bond donors (Lipinski definition) is 1. The molecule has 35 heavy (non-hydrogen) atoms. The monoisotopic (exact) mass is 534 g/mol. The highest BCUT2D eigenvalue weighted by Gasteiger charge is 2.25. The molecule has 1 aromatic heterocycles. The van der Waals surface area contributed by atoms with E-state index in [0.717, 1.165) is 34.4 Å². The number of hydrogen-bond acceptors (Lipinski definition) is 6. The number of nitrogens with one attached hydrogen (secondary N) is 1. The number of carbonyl (C=O) groups excluding carboxylic acids is 1. The highest BCUT2D eigenvalue weighted by molar-refractivity contribution is 7.89. The zero-order chi connectivity index (χ0) is 25.2. The Labute approximate surface area is 214 Å². The summed E-state index contributed by atoms with van der Waals surface area (Å²) in [6.45, 7) is 1.95. The number of benzene rings is 2. The van der Waals surface area contributed by atoms with Crippen molar-refractivity contribution in [3.05, 3.63) is 87.3 Å². The maximum Gasteiger partial charge on any atom is 0.257 e. The van der Waals surface area contributed by atoms with Gasteiger partial charge in [0.25, 0.3) is 5.91 Å². The van der Waals surface area contributed by atoms with Crippen LogP contribution in [0.2, 0.25) is 10.0 Å². The van der Waals surface area contributed by atoms with Crippen molar-refractivity contribution in [2.75, 3.05) is 27.2 Å². The van der Waals surface area contributed by atoms with Gasteiger partial charge >= 0.3 is 0 Å². The summed E-state index contributed by atoms with van der Waals surface area (Å²) in [6, 6.07) is 13.6. The fourth-order valence-corrected chi connectivity index (χ4v) is 5.54. The Balaban J connectivity index is 1.39. The predicted molar refractivity (Wildman–Crippen MR) is 135 cm³/mol. The quantitative estimate of drug-likeness (QED) is 0.470. The van der Waals surface area contributed by atoms with E-state index >= 15 is 0 Å². The topological polar surface area (TPSA) is 95.2 Å². The Morgan fingerprint density at radius 3 is 2.49 bits per heavy atom. The molecule has 0 bridgehead atoms. The second-order valence-electron chi connectivity index (χ2n) is 8.15. The third-order valence-corrected chi connectivity index (χ3v) is 8.05. The molecule has 0 aliphatic carbocycles. The third-order valence-electron chi connectivity index (χ3n) is 5.53. The summed E-state index contributed by atoms with van der Waals surface area (Å²) in [6.07, 6.45) is 1.33. The number of aliphatic imine (C=N–C) groups is 1. The summed E-state index contributed by atoms with van der Waals surface area (Å²) in [5.74, 6) is 0.974. The van der Waals surface area contributed by atoms with Gasteiger partial charge in [0.15, 0.2) is 0 Å². The van der Waals surface area contributed by atoms with Crippen molar-refractivity contribution in [2.45, 2.75) is 18.0 Å². The van der Waals surface area contributed by atoms with E-state index in [2.05, 4.69) is 10.3 Å². The summed E-state index contributed by atoms with van der Waals surface area (Å²) in [5.41, 5.74) is 2.32. The smallest absolute Gasteiger partial charge is 0.257 e. The van der Waals surface area contributed by atoms with Crippen LogP contribution in [0.4, 0.5) is 0 Å². The predicted octanol–water partition coefficient (Wildman–Crippen LogP) is 4.03. The van der Waals surface area contributed by atoms with E-state index in [0.29, 0.717) is 22.9 Å². The minimum Gasteiger partial charge on any atom is -0.467 e. The van der Waals surface area contributed by atoms with Crippen molar-refractivity contribution in [3.63, 3.8) is 0 Å². The maximum absolute atomic E-state index is 12.9. The Hall–Kier alpha value is -2.85. The van der Waals surface area contributed by atoms with E-state index in [1.165, 1.54) is 31.5 Å². The van der Waals surface area contributed by atoms with Crippen molar-refractivity contribution in [1.82, 2.24) is 14.5 Å². The molecule has 3 aromatic rings. The standard InChI is InChI=1S/C24H24Cl2N4O4S/c1-29(13-16-3-5-17(6-4-16)23-27-9-10-28-23)24(31)18-11-20(34-15-18)14-30(2)35(32,33)22-8-7-19(25)12-21(22)26/h3-8,11-12,15H,9-10,13-14H2,1-2H3,(H,27,28). The average molecular weight is 535 g/mol. The molecule has 0 saturated heterocycles. The van der Waals surface area contributed by atoms with Gasteiger partial charge < -0.3 is 14.6 Å². The lowest BCUT2D eigenvalue weighted by molar-refractivity contribution is 0.0784. The normalized spacial score (nSPS) is 13.6. The second kappa shape index (κ2) is 10.4. The first-order valence-electron chi connectivity index (χ1n) is 10.8. The molecule has 1 aliphatic rings. The molecule has 0 fully saturated rings. The van der Waals surface area contributed by atoms with Crippen LogP contribution in [-0.4, -0.2) is 56.6 Å². The maximum atomic E-state index is 12.9. The van der Waals surface area contributed by atoms with Crippen LogP contribution in [0.5, 0.6) is 0 Å². The Bertz CT molecular complexity index is 1370. The number of nitrogens with zero attached hydrogens (tertiary/aromatic N) is 3. The van der Waals surface area contributed by atoms with Gasteiger partial charge in [-0.1, -0.05) is 47.5 Å². The molecule has 1 aliphatic heterocycles. The number of rotatable bonds is 8. The molecule has 0 saturated carbocycles. The summed E-state index contributed by atoms with van der Waals surface area (Å²) < 4.78 is 32.4. The van der Waals surface area contributed by atoms with E-state index in [9.17, 15) is 13.2 Å². The van der Waals surface area contributed by atoms with Gasteiger partial charge in [0.2, 0.25) is 10.0 Å². The minimum absolute atomic E-state index is 0.0295. The Kier molecular flexibility index (Phi) is 7.51. The largest absolute Gasteiger partial charge is 0.467 e. The molecule has 8 nitrogen and oxygen atoms in total. The molecular formula is C24H24Cl2N4O4S. The first-order chi connectivity index (χ1) is 16.6. The number of carbonyl (C=O) groups is 1. The van der Waals surface area contributed by atoms with Gasteiger partial charge in [0.1, 0.15) is 22.8 Å². The summed E-state index contributed by atoms with van der Waals surface area (Å²) in [5, 5.41) is 3.60. The van der Waals surface area contributed by atoms with Crippen LogP contribution < -0.4 is 5.32 Å². The molecule has 184 valence electrons. The van der Waals surface area contributed by atoms with Gasteiger partial charge in [-0.3, -0.25) is 9.79 Å². The minimum atomic E-state index is -3.89. The number of amidine groups is 1. The zero-order valence-corrected chi connectivity index (χ0v) is 21.5. The summed E-state index contributed by atoms with van der Waals surface area (Å²) in [4.78, 5) is 18.8. The van der Waals surface area contributed by atoms with Gasteiger partial charge in [-0.15, -0.1) is 0 Å². The van der Waals surface area contributed by atoms with Gasteiger partial charge in [0, 0.05) is 37.8 Å². The van der Waals surface area contributed by atoms with Gasteiger partial charge in [-0.25, -0.2) is 8.42 Å². The molecule has 2 heterocycles. The molecule has 0 spiro atoms. The Morgan fingerprint density at radius 2 is 1.83 bits per heavy atom. The van der Waals surface area contributed by atoms with Crippen LogP contribution >= 0.6 is 23.2 Å². The first-order valence-corrected chi connectivity index (χ1v) is 13.0. The van der Waals surface area contributed by atoms with E-state index < -0.39 is 10.0 Å². The molecule has 1 N–H and O–H groups in total. The van der Waals surface area contributed by atoms with E-state index in [4.69, 9.17) is 27.6 Å². The molecular weight excluding hydrogens is 511 g/mol. The number of amides is 1. The fourth-order valence-electron chi connectivity index (χ4n) is 3.66. The molecule has 0 atom stereocenters. The first kappa shape index (κ1) is 25.2. The lowest BCUT2D eigenvalue weighted by Gasteiger charge is -2.17. The van der Waals surface area contributed by atoms with Crippen LogP contribution in [0.1, 0.15) is 27.2 Å². The average Bonchev–Trinajstić information content (AvgIpc) is 3.51. The summed E-state index contributed by atoms with van der Waals surface area (Å²) >= 11 is 11.9. The molecule has 2 aromatic carbocycles. The van der Waals surface area contributed by atoms with Crippen molar-refractivity contribution in [1.29, 1.82) is 0 Å². The molecule has 1 amide bonds. The molecule has 11 heteroatoms. The summed E-state index contributed by atoms with van der Waals surface area (Å²) in [7, 11) is -0.779. The van der Waals surface area contributed by atoms with Gasteiger partial charge in [-0.05, 0) is 29.8 Å². The molecule has 4 rings (SSSR count). The van der Waals surface area contributed by atoms with Crippen molar-refractivity contribution in [2.24, 2.45) is 4.99 Å². The zero-order valence-electron chi connectivity index (χ0n) is 19.2. The fraction of sp³-hybridized carbons (Fsp3) is 0.250. The van der Waals surface area contributed by atoms with Crippen LogP contribution in [-0.2, 0) is 23.1 Å². The van der Waals surface area contributed by atoms with Gasteiger partial charge in [0.05, 0.1) is 23.7 Å². The van der Waals surface area contributed by atoms with Gasteiger partial charge in [-0.2, -0.15) is 4.31 Å². The SMILES string of the molecule is CN(Cc1ccc(C2=NCCN2)cc1)C(=O)c1coc(CN(C)S(=O)(=O)c2ccc(Cl)cc2Cl)c1. The van der Waals surface area contributed by atoms with Crippen LogP contribution in [0, 0.1) is 0 Å². The van der Waals surface area contributed by atoms with Crippen LogP contribution in [0.25, 0.3) is 0 Å². The third kappa shape index (κ3) is 5.70. The number of furan rings is 1. The number of halogens is 2. The Morgan fingerprint density at radius 1 is 1.09 bits per heavy atom. The van der Waals surface area contributed by atoms with E-state index in [1.54, 1.807) is 18.0 Å². The van der Waals surface area contributed by atoms with Crippen molar-refractivity contribution in [3.8, 4) is 0 Å². The van der Waals surface area contributed by atoms with Crippen LogP contribution in [0.15, 0.2) is 69.1 Å². The van der Waals surface area contributed by atoms with Crippen molar-refractivity contribution < 1.29 is 17.6 Å². The van der Waals surface area contributed by atoms with E-state index in [-0.39, 0.29) is 22.4 Å². The highest BCUT2D eigenvalue weighted by atomic mass is 35.5. The highest BCUT2D eigenvalue weighted by Crippen LogP contribution is 2.28. The second-order valence-corrected chi connectivity index (χ2v) is 11.0. The lowest BCUT2D eigenvalue weighted by atomic mass is 10.1. The number of sulfonamides is 1. The van der Waals surface area contributed by atoms with E-state index in [1.807, 2.05) is 24.3 Å². The van der Waals surface area contributed by atoms with Crippen molar-refractivity contribution >= 4 is 45.0 Å². The lowest BCUT2D eigenvalue weighted by Crippen LogP contribution is -2.27. The van der Waals surface area contributed by atoms with Crippen LogP contribution in [0.3, 0.4) is 0 Å². The molecule has 0 radical (unpaired) electrons. The molecule has 0 unspecified atom stereocenters.